The second-order valence-corrected chi connectivity index (χ2v) is 9.90. The minimum atomic E-state index is -3.78. The standard InChI is InChI=1S/C21H22ClNO3S/c1-2-14-3-5-15(6-4-14)16-7-9-17(10-8-16)21-23-19-13-18(27(22,24)25)11-12-20(19)26-21/h7-15H,2-6H2,1H3/t14-,15-. The maximum Gasteiger partial charge on any atom is 0.261 e. The van der Waals surface area contributed by atoms with Crippen LogP contribution in [0.1, 0.15) is 50.5 Å². The molecule has 4 nitrogen and oxygen atoms in total. The van der Waals surface area contributed by atoms with Gasteiger partial charge in [0.05, 0.1) is 4.90 Å². The van der Waals surface area contributed by atoms with Gasteiger partial charge in [-0.15, -0.1) is 0 Å². The van der Waals surface area contributed by atoms with Gasteiger partial charge >= 0.3 is 0 Å². The first-order valence-corrected chi connectivity index (χ1v) is 11.7. The molecule has 27 heavy (non-hydrogen) atoms. The quantitative estimate of drug-likeness (QED) is 0.493. The van der Waals surface area contributed by atoms with Crippen molar-refractivity contribution in [3.05, 3.63) is 48.0 Å². The number of hydrogen-bond acceptors (Lipinski definition) is 4. The Bertz CT molecular complexity index is 1050. The molecule has 1 fully saturated rings. The van der Waals surface area contributed by atoms with Crippen LogP contribution < -0.4 is 0 Å². The van der Waals surface area contributed by atoms with Crippen LogP contribution in [0.5, 0.6) is 0 Å². The molecule has 1 aromatic heterocycles. The van der Waals surface area contributed by atoms with E-state index >= 15 is 0 Å². The fourth-order valence-electron chi connectivity index (χ4n) is 3.98. The van der Waals surface area contributed by atoms with E-state index in [1.165, 1.54) is 49.8 Å². The van der Waals surface area contributed by atoms with Crippen LogP contribution >= 0.6 is 10.7 Å². The third kappa shape index (κ3) is 3.90. The topological polar surface area (TPSA) is 60.2 Å². The zero-order valence-electron chi connectivity index (χ0n) is 15.2. The molecule has 1 heterocycles. The van der Waals surface area contributed by atoms with E-state index in [0.29, 0.717) is 22.9 Å². The number of aromatic nitrogens is 1. The second-order valence-electron chi connectivity index (χ2n) is 7.33. The molecule has 0 radical (unpaired) electrons. The summed E-state index contributed by atoms with van der Waals surface area (Å²) in [7, 11) is 1.62. The van der Waals surface area contributed by atoms with Gasteiger partial charge in [0.15, 0.2) is 5.58 Å². The molecule has 4 rings (SSSR count). The molecule has 0 atom stereocenters. The second kappa shape index (κ2) is 7.28. The Labute approximate surface area is 164 Å². The molecule has 142 valence electrons. The van der Waals surface area contributed by atoms with Crippen LogP contribution in [0.4, 0.5) is 0 Å². The van der Waals surface area contributed by atoms with Gasteiger partial charge in [0, 0.05) is 16.2 Å². The van der Waals surface area contributed by atoms with Gasteiger partial charge in [-0.1, -0.05) is 25.5 Å². The van der Waals surface area contributed by atoms with E-state index in [2.05, 4.69) is 24.0 Å². The van der Waals surface area contributed by atoms with Gasteiger partial charge in [-0.3, -0.25) is 0 Å². The predicted octanol–water partition coefficient (Wildman–Crippen LogP) is 6.11. The number of halogens is 1. The molecule has 0 spiro atoms. The van der Waals surface area contributed by atoms with Crippen molar-refractivity contribution >= 4 is 30.8 Å². The van der Waals surface area contributed by atoms with E-state index in [4.69, 9.17) is 15.1 Å². The van der Waals surface area contributed by atoms with Crippen molar-refractivity contribution in [2.75, 3.05) is 0 Å². The number of rotatable bonds is 4. The van der Waals surface area contributed by atoms with Crippen molar-refractivity contribution in [1.29, 1.82) is 0 Å². The lowest BCUT2D eigenvalue weighted by Crippen LogP contribution is -2.12. The van der Waals surface area contributed by atoms with Crippen molar-refractivity contribution in [2.45, 2.75) is 49.8 Å². The monoisotopic (exact) mass is 403 g/mol. The zero-order valence-corrected chi connectivity index (χ0v) is 16.8. The van der Waals surface area contributed by atoms with Gasteiger partial charge in [-0.25, -0.2) is 13.4 Å². The first-order valence-electron chi connectivity index (χ1n) is 9.39. The highest BCUT2D eigenvalue weighted by atomic mass is 35.7. The van der Waals surface area contributed by atoms with Crippen molar-refractivity contribution in [3.8, 4) is 11.5 Å². The summed E-state index contributed by atoms with van der Waals surface area (Å²) in [4.78, 5) is 4.45. The number of hydrogen-bond donors (Lipinski definition) is 0. The van der Waals surface area contributed by atoms with E-state index in [0.717, 1.165) is 11.5 Å². The molecule has 0 N–H and O–H groups in total. The minimum Gasteiger partial charge on any atom is -0.436 e. The molecule has 0 amide bonds. The maximum absolute atomic E-state index is 11.5. The van der Waals surface area contributed by atoms with E-state index in [1.54, 1.807) is 6.07 Å². The third-order valence-corrected chi connectivity index (χ3v) is 7.05. The summed E-state index contributed by atoms with van der Waals surface area (Å²) in [5.74, 6) is 2.01. The fraction of sp³-hybridized carbons (Fsp3) is 0.381. The molecule has 0 bridgehead atoms. The average Bonchev–Trinajstić information content (AvgIpc) is 3.11. The van der Waals surface area contributed by atoms with Crippen molar-refractivity contribution in [3.63, 3.8) is 0 Å². The highest BCUT2D eigenvalue weighted by Gasteiger charge is 2.21. The molecule has 1 aliphatic rings. The fourth-order valence-corrected chi connectivity index (χ4v) is 4.76. The summed E-state index contributed by atoms with van der Waals surface area (Å²) >= 11 is 0. The van der Waals surface area contributed by atoms with E-state index in [-0.39, 0.29) is 4.90 Å². The Morgan fingerprint density at radius 2 is 1.78 bits per heavy atom. The van der Waals surface area contributed by atoms with Crippen molar-refractivity contribution in [1.82, 2.24) is 4.98 Å². The smallest absolute Gasteiger partial charge is 0.261 e. The maximum atomic E-state index is 11.5. The van der Waals surface area contributed by atoms with Crippen molar-refractivity contribution < 1.29 is 12.8 Å². The van der Waals surface area contributed by atoms with Gasteiger partial charge in [0.1, 0.15) is 5.52 Å². The molecule has 0 aliphatic heterocycles. The summed E-state index contributed by atoms with van der Waals surface area (Å²) in [6.45, 7) is 2.28. The van der Waals surface area contributed by atoms with Crippen molar-refractivity contribution in [2.24, 2.45) is 5.92 Å². The highest BCUT2D eigenvalue weighted by molar-refractivity contribution is 8.13. The Hall–Kier alpha value is -1.85. The lowest BCUT2D eigenvalue weighted by atomic mass is 9.78. The lowest BCUT2D eigenvalue weighted by molar-refractivity contribution is 0.319. The molecule has 2 aromatic carbocycles. The molecule has 6 heteroatoms. The molecule has 0 saturated heterocycles. The van der Waals surface area contributed by atoms with Crippen LogP contribution in [-0.2, 0) is 9.05 Å². The van der Waals surface area contributed by atoms with Gasteiger partial charge in [0.25, 0.3) is 9.05 Å². The molecular weight excluding hydrogens is 382 g/mol. The van der Waals surface area contributed by atoms with Crippen LogP contribution in [0.15, 0.2) is 51.8 Å². The van der Waals surface area contributed by atoms with Gasteiger partial charge in [-0.05, 0) is 73.4 Å². The third-order valence-electron chi connectivity index (χ3n) is 5.69. The van der Waals surface area contributed by atoms with Gasteiger partial charge in [-0.2, -0.15) is 0 Å². The highest BCUT2D eigenvalue weighted by Crippen LogP contribution is 2.37. The van der Waals surface area contributed by atoms with Crippen LogP contribution in [0.25, 0.3) is 22.6 Å². The predicted molar refractivity (Wildman–Crippen MR) is 107 cm³/mol. The first-order chi connectivity index (χ1) is 12.9. The SMILES string of the molecule is CC[C@H]1CC[C@H](c2ccc(-c3nc4cc(S(=O)(=O)Cl)ccc4o3)cc2)CC1. The Morgan fingerprint density at radius 1 is 1.07 bits per heavy atom. The summed E-state index contributed by atoms with van der Waals surface area (Å²) in [5.41, 5.74) is 3.28. The molecule has 1 aliphatic carbocycles. The molecular formula is C21H22ClNO3S. The first kappa shape index (κ1) is 18.5. The molecule has 3 aromatic rings. The van der Waals surface area contributed by atoms with Crippen LogP contribution in [0.2, 0.25) is 0 Å². The van der Waals surface area contributed by atoms with Gasteiger partial charge < -0.3 is 4.42 Å². The zero-order chi connectivity index (χ0) is 19.0. The summed E-state index contributed by atoms with van der Waals surface area (Å²) in [5, 5.41) is 0. The van der Waals surface area contributed by atoms with E-state index in [9.17, 15) is 8.42 Å². The van der Waals surface area contributed by atoms with E-state index in [1.807, 2.05) is 12.1 Å². The number of oxazole rings is 1. The normalized spacial score (nSPS) is 20.8. The summed E-state index contributed by atoms with van der Waals surface area (Å²) < 4.78 is 28.8. The molecule has 0 unspecified atom stereocenters. The minimum absolute atomic E-state index is 0.0227. The number of nitrogens with zero attached hydrogens (tertiary/aromatic N) is 1. The van der Waals surface area contributed by atoms with Crippen LogP contribution in [0, 0.1) is 5.92 Å². The van der Waals surface area contributed by atoms with E-state index < -0.39 is 9.05 Å². The Morgan fingerprint density at radius 3 is 2.41 bits per heavy atom. The Balaban J connectivity index is 1.57. The summed E-state index contributed by atoms with van der Waals surface area (Å²) in [6, 6.07) is 12.8. The largest absolute Gasteiger partial charge is 0.436 e. The Kier molecular flexibility index (Phi) is 4.99. The lowest BCUT2D eigenvalue weighted by Gasteiger charge is -2.28. The summed E-state index contributed by atoms with van der Waals surface area (Å²) in [6.07, 6.45) is 6.45. The van der Waals surface area contributed by atoms with Crippen LogP contribution in [-0.4, -0.2) is 13.4 Å². The molecule has 1 saturated carbocycles. The van der Waals surface area contributed by atoms with Crippen LogP contribution in [0.3, 0.4) is 0 Å². The number of benzene rings is 2. The van der Waals surface area contributed by atoms with Gasteiger partial charge in [0.2, 0.25) is 5.89 Å². The average molecular weight is 404 g/mol. The number of fused-ring (bicyclic) bond motifs is 1.